The second kappa shape index (κ2) is 3.11. The van der Waals surface area contributed by atoms with Crippen LogP contribution in [-0.2, 0) is 0 Å². The third kappa shape index (κ3) is 1.85. The molecule has 4 nitrogen and oxygen atoms in total. The minimum Gasteiger partial charge on any atom is -0.390 e. The Morgan fingerprint density at radius 1 is 1.64 bits per heavy atom. The first-order valence-corrected chi connectivity index (χ1v) is 3.93. The Labute approximate surface area is 65.9 Å². The first-order chi connectivity index (χ1) is 5.17. The first kappa shape index (κ1) is 8.37. The number of aliphatic hydroxyl groups is 1. The average molecular weight is 155 g/mol. The van der Waals surface area contributed by atoms with Gasteiger partial charge in [0, 0.05) is 4.91 Å². The van der Waals surface area contributed by atoms with E-state index in [4.69, 9.17) is 5.53 Å². The first-order valence-electron chi connectivity index (χ1n) is 3.93. The molecule has 0 radical (unpaired) electrons. The lowest BCUT2D eigenvalue weighted by atomic mass is 9.82. The normalized spacial score (nSPS) is 37.8. The van der Waals surface area contributed by atoms with Gasteiger partial charge in [-0.25, -0.2) is 0 Å². The van der Waals surface area contributed by atoms with Crippen molar-refractivity contribution in [3.05, 3.63) is 10.4 Å². The Kier molecular flexibility index (Phi) is 2.37. The Balaban J connectivity index is 2.66. The van der Waals surface area contributed by atoms with Crippen LogP contribution < -0.4 is 0 Å². The second-order valence-corrected chi connectivity index (χ2v) is 3.32. The number of hydrogen-bond donors (Lipinski definition) is 1. The molecule has 1 aliphatic rings. The molecule has 1 aliphatic carbocycles. The molecule has 2 unspecified atom stereocenters. The Morgan fingerprint density at radius 2 is 2.36 bits per heavy atom. The van der Waals surface area contributed by atoms with Gasteiger partial charge in [0.1, 0.15) is 0 Å². The van der Waals surface area contributed by atoms with E-state index < -0.39 is 5.60 Å². The molecule has 0 aromatic heterocycles. The van der Waals surface area contributed by atoms with Crippen LogP contribution in [0.4, 0.5) is 0 Å². The molecule has 1 saturated carbocycles. The van der Waals surface area contributed by atoms with E-state index in [0.29, 0.717) is 0 Å². The predicted octanol–water partition coefficient (Wildman–Crippen LogP) is 1.99. The summed E-state index contributed by atoms with van der Waals surface area (Å²) in [6, 6.07) is -0.221. The zero-order valence-corrected chi connectivity index (χ0v) is 6.69. The predicted molar refractivity (Wildman–Crippen MR) is 42.0 cm³/mol. The van der Waals surface area contributed by atoms with E-state index >= 15 is 0 Å². The lowest BCUT2D eigenvalue weighted by Crippen LogP contribution is -2.40. The molecule has 0 heterocycles. The Hall–Kier alpha value is -0.730. The number of rotatable bonds is 1. The van der Waals surface area contributed by atoms with Crippen molar-refractivity contribution in [1.29, 1.82) is 0 Å². The highest BCUT2D eigenvalue weighted by Gasteiger charge is 2.33. The van der Waals surface area contributed by atoms with Crippen molar-refractivity contribution >= 4 is 0 Å². The summed E-state index contributed by atoms with van der Waals surface area (Å²) < 4.78 is 0. The van der Waals surface area contributed by atoms with Crippen LogP contribution in [0.5, 0.6) is 0 Å². The van der Waals surface area contributed by atoms with Gasteiger partial charge >= 0.3 is 0 Å². The van der Waals surface area contributed by atoms with E-state index in [9.17, 15) is 5.11 Å². The van der Waals surface area contributed by atoms with Gasteiger partial charge in [-0.2, -0.15) is 0 Å². The molecule has 0 aliphatic heterocycles. The van der Waals surface area contributed by atoms with E-state index in [-0.39, 0.29) is 6.04 Å². The fourth-order valence-electron chi connectivity index (χ4n) is 1.54. The molecule has 4 heteroatoms. The van der Waals surface area contributed by atoms with E-state index in [2.05, 4.69) is 10.0 Å². The molecule has 1 N–H and O–H groups in total. The van der Waals surface area contributed by atoms with Crippen molar-refractivity contribution in [1.82, 2.24) is 0 Å². The highest BCUT2D eigenvalue weighted by molar-refractivity contribution is 4.91. The average Bonchev–Trinajstić information content (AvgIpc) is 1.94. The molecule has 11 heavy (non-hydrogen) atoms. The molecule has 0 saturated heterocycles. The SMILES string of the molecule is CC1(O)CCCCC1N=[N+]=[N-]. The van der Waals surface area contributed by atoms with Crippen LogP contribution in [-0.4, -0.2) is 16.7 Å². The summed E-state index contributed by atoms with van der Waals surface area (Å²) >= 11 is 0. The summed E-state index contributed by atoms with van der Waals surface area (Å²) in [4.78, 5) is 2.72. The van der Waals surface area contributed by atoms with E-state index in [1.165, 1.54) is 0 Å². The van der Waals surface area contributed by atoms with Gasteiger partial charge in [-0.15, -0.1) is 0 Å². The van der Waals surface area contributed by atoms with Crippen LogP contribution >= 0.6 is 0 Å². The van der Waals surface area contributed by atoms with Crippen LogP contribution in [0.2, 0.25) is 0 Å². The van der Waals surface area contributed by atoms with Gasteiger partial charge in [0.25, 0.3) is 0 Å². The van der Waals surface area contributed by atoms with Crippen molar-refractivity contribution in [3.63, 3.8) is 0 Å². The third-order valence-corrected chi connectivity index (χ3v) is 2.32. The maximum absolute atomic E-state index is 9.70. The fraction of sp³-hybridized carbons (Fsp3) is 1.00. The molecule has 2 atom stereocenters. The highest BCUT2D eigenvalue weighted by Crippen LogP contribution is 2.30. The molecule has 1 rings (SSSR count). The molecular formula is C7H13N3O. The maximum Gasteiger partial charge on any atom is 0.0704 e. The molecule has 0 aromatic carbocycles. The zero-order chi connectivity index (χ0) is 8.32. The largest absolute Gasteiger partial charge is 0.390 e. The van der Waals surface area contributed by atoms with Crippen LogP contribution in [0.3, 0.4) is 0 Å². The lowest BCUT2D eigenvalue weighted by Gasteiger charge is -2.33. The van der Waals surface area contributed by atoms with Gasteiger partial charge in [0.05, 0.1) is 11.6 Å². The summed E-state index contributed by atoms with van der Waals surface area (Å²) in [5.41, 5.74) is 7.42. The summed E-state index contributed by atoms with van der Waals surface area (Å²) in [7, 11) is 0. The van der Waals surface area contributed by atoms with Crippen LogP contribution in [0.1, 0.15) is 32.6 Å². The second-order valence-electron chi connectivity index (χ2n) is 3.32. The molecule has 0 spiro atoms. The third-order valence-electron chi connectivity index (χ3n) is 2.32. The monoisotopic (exact) mass is 155 g/mol. The quantitative estimate of drug-likeness (QED) is 0.351. The van der Waals surface area contributed by atoms with Crippen molar-refractivity contribution < 1.29 is 5.11 Å². The molecule has 0 amide bonds. The number of hydrogen-bond acceptors (Lipinski definition) is 2. The van der Waals surface area contributed by atoms with Gasteiger partial charge in [-0.1, -0.05) is 18.0 Å². The molecule has 0 bridgehead atoms. The summed E-state index contributed by atoms with van der Waals surface area (Å²) in [6.07, 6.45) is 3.65. The molecule has 1 fully saturated rings. The zero-order valence-electron chi connectivity index (χ0n) is 6.69. The minimum absolute atomic E-state index is 0.221. The van der Waals surface area contributed by atoms with Gasteiger partial charge < -0.3 is 5.11 Å². The lowest BCUT2D eigenvalue weighted by molar-refractivity contribution is 0.00380. The van der Waals surface area contributed by atoms with Crippen molar-refractivity contribution in [2.75, 3.05) is 0 Å². The van der Waals surface area contributed by atoms with Gasteiger partial charge in [-0.05, 0) is 25.3 Å². The topological polar surface area (TPSA) is 69.0 Å². The van der Waals surface area contributed by atoms with Crippen LogP contribution in [0, 0.1) is 0 Å². The van der Waals surface area contributed by atoms with Crippen LogP contribution in [0.25, 0.3) is 10.4 Å². The minimum atomic E-state index is -0.773. The van der Waals surface area contributed by atoms with Gasteiger partial charge in [-0.3, -0.25) is 0 Å². The van der Waals surface area contributed by atoms with Crippen molar-refractivity contribution in [2.45, 2.75) is 44.2 Å². The fourth-order valence-corrected chi connectivity index (χ4v) is 1.54. The standard InChI is InChI=1S/C7H13N3O/c1-7(11)5-3-2-4-6(7)9-10-8/h6,11H,2-5H2,1H3. The summed E-state index contributed by atoms with van der Waals surface area (Å²) in [5.74, 6) is 0. The number of azide groups is 1. The van der Waals surface area contributed by atoms with Crippen LogP contribution in [0.15, 0.2) is 5.11 Å². The highest BCUT2D eigenvalue weighted by atomic mass is 16.3. The van der Waals surface area contributed by atoms with Crippen molar-refractivity contribution in [2.24, 2.45) is 5.11 Å². The molecular weight excluding hydrogens is 142 g/mol. The Bertz CT molecular complexity index is 184. The summed E-state index contributed by atoms with van der Waals surface area (Å²) in [5, 5.41) is 13.3. The van der Waals surface area contributed by atoms with E-state index in [1.54, 1.807) is 6.92 Å². The number of nitrogens with zero attached hydrogens (tertiary/aromatic N) is 3. The summed E-state index contributed by atoms with van der Waals surface area (Å²) in [6.45, 7) is 1.74. The van der Waals surface area contributed by atoms with Crippen molar-refractivity contribution in [3.8, 4) is 0 Å². The molecule has 0 aromatic rings. The maximum atomic E-state index is 9.70. The Morgan fingerprint density at radius 3 is 2.91 bits per heavy atom. The van der Waals surface area contributed by atoms with Gasteiger partial charge in [0.15, 0.2) is 0 Å². The van der Waals surface area contributed by atoms with E-state index in [0.717, 1.165) is 25.7 Å². The smallest absolute Gasteiger partial charge is 0.0704 e. The van der Waals surface area contributed by atoms with Gasteiger partial charge in [0.2, 0.25) is 0 Å². The molecule has 62 valence electrons. The van der Waals surface area contributed by atoms with E-state index in [1.807, 2.05) is 0 Å².